The summed E-state index contributed by atoms with van der Waals surface area (Å²) >= 11 is 0. The molecular weight excluding hydrogens is 703 g/mol. The maximum absolute atomic E-state index is 5.16. The van der Waals surface area contributed by atoms with E-state index in [4.69, 9.17) is 15.0 Å². The van der Waals surface area contributed by atoms with E-state index in [1.165, 1.54) is 44.5 Å². The van der Waals surface area contributed by atoms with Crippen molar-refractivity contribution >= 4 is 0 Å². The van der Waals surface area contributed by atoms with Crippen molar-refractivity contribution in [3.8, 4) is 67.5 Å². The predicted octanol–water partition coefficient (Wildman–Crippen LogP) is 13.2. The molecule has 0 saturated carbocycles. The first-order chi connectivity index (χ1) is 28.5. The lowest BCUT2D eigenvalue weighted by atomic mass is 9.55. The lowest BCUT2D eigenvalue weighted by Gasteiger charge is -2.46. The number of hydrogen-bond donors (Lipinski definition) is 0. The Kier molecular flexibility index (Phi) is 7.74. The summed E-state index contributed by atoms with van der Waals surface area (Å²) in [5.41, 5.74) is 17.3. The minimum absolute atomic E-state index is 0.158. The van der Waals surface area contributed by atoms with Crippen molar-refractivity contribution in [2.24, 2.45) is 0 Å². The lowest BCUT2D eigenvalue weighted by molar-refractivity contribution is 0.563. The minimum atomic E-state index is -0.478. The fourth-order valence-corrected chi connectivity index (χ4v) is 9.70. The Morgan fingerprint density at radius 2 is 0.672 bits per heavy atom. The van der Waals surface area contributed by atoms with Crippen LogP contribution in [-0.4, -0.2) is 15.0 Å². The van der Waals surface area contributed by atoms with Gasteiger partial charge < -0.3 is 0 Å². The molecule has 1 spiro atoms. The molecule has 0 bridgehead atoms. The molecule has 0 aliphatic heterocycles. The molecule has 9 aromatic rings. The van der Waals surface area contributed by atoms with Gasteiger partial charge in [0.15, 0.2) is 17.5 Å². The Balaban J connectivity index is 1.17. The van der Waals surface area contributed by atoms with Crippen LogP contribution in [0.2, 0.25) is 0 Å². The molecule has 0 atom stereocenters. The van der Waals surface area contributed by atoms with Crippen molar-refractivity contribution in [3.63, 3.8) is 0 Å². The summed E-state index contributed by atoms with van der Waals surface area (Å²) < 4.78 is 0. The Morgan fingerprint density at radius 1 is 0.276 bits per heavy atom. The van der Waals surface area contributed by atoms with Crippen molar-refractivity contribution in [3.05, 3.63) is 234 Å². The van der Waals surface area contributed by atoms with E-state index < -0.39 is 5.41 Å². The van der Waals surface area contributed by atoms with Gasteiger partial charge in [0, 0.05) is 22.1 Å². The third-order valence-corrected chi connectivity index (χ3v) is 12.4. The second-order valence-corrected chi connectivity index (χ2v) is 16.0. The molecule has 0 amide bonds. The van der Waals surface area contributed by atoms with Gasteiger partial charge in [0.2, 0.25) is 0 Å². The summed E-state index contributed by atoms with van der Waals surface area (Å²) in [4.78, 5) is 15.3. The molecule has 3 heteroatoms. The fourth-order valence-electron chi connectivity index (χ4n) is 9.70. The van der Waals surface area contributed by atoms with Crippen molar-refractivity contribution in [1.29, 1.82) is 0 Å². The van der Waals surface area contributed by atoms with Crippen LogP contribution in [0.1, 0.15) is 47.2 Å². The van der Waals surface area contributed by atoms with E-state index >= 15 is 0 Å². The standard InChI is InChI=1S/C55H39N3/c1-54(2)46-26-14-16-28-48(46)55(49-29-17-15-27-47(49)54)45-25-13-12-24-43(45)44-31-30-39(35-50(44)55)41-32-40(36-18-6-3-7-19-36)33-42(34-41)53-57-51(37-20-8-4-9-21-37)56-52(58-53)38-22-10-5-11-23-38/h3-35H,1-2H3. The quantitative estimate of drug-likeness (QED) is 0.176. The Morgan fingerprint density at radius 3 is 1.22 bits per heavy atom. The molecule has 2 aliphatic carbocycles. The van der Waals surface area contributed by atoms with Crippen molar-refractivity contribution < 1.29 is 0 Å². The van der Waals surface area contributed by atoms with Crippen LogP contribution in [0.3, 0.4) is 0 Å². The van der Waals surface area contributed by atoms with Crippen LogP contribution < -0.4 is 0 Å². The highest BCUT2D eigenvalue weighted by Gasteiger charge is 2.53. The highest BCUT2D eigenvalue weighted by atomic mass is 15.0. The van der Waals surface area contributed by atoms with E-state index in [1.807, 2.05) is 36.4 Å². The van der Waals surface area contributed by atoms with Crippen LogP contribution in [0.5, 0.6) is 0 Å². The number of rotatable bonds is 5. The largest absolute Gasteiger partial charge is 0.208 e. The van der Waals surface area contributed by atoms with Gasteiger partial charge >= 0.3 is 0 Å². The van der Waals surface area contributed by atoms with Gasteiger partial charge in [-0.1, -0.05) is 190 Å². The second kappa shape index (κ2) is 13.2. The van der Waals surface area contributed by atoms with Crippen LogP contribution >= 0.6 is 0 Å². The molecule has 8 aromatic carbocycles. The number of hydrogen-bond acceptors (Lipinski definition) is 3. The van der Waals surface area contributed by atoms with Crippen molar-refractivity contribution in [1.82, 2.24) is 15.0 Å². The van der Waals surface area contributed by atoms with Gasteiger partial charge in [0.25, 0.3) is 0 Å². The predicted molar refractivity (Wildman–Crippen MR) is 236 cm³/mol. The van der Waals surface area contributed by atoms with Gasteiger partial charge in [-0.15, -0.1) is 0 Å². The molecule has 0 unspecified atom stereocenters. The van der Waals surface area contributed by atoms with Crippen LogP contribution in [0.4, 0.5) is 0 Å². The van der Waals surface area contributed by atoms with Crippen LogP contribution in [0, 0.1) is 0 Å². The minimum Gasteiger partial charge on any atom is -0.208 e. The molecule has 1 heterocycles. The van der Waals surface area contributed by atoms with E-state index in [1.54, 1.807) is 0 Å². The maximum Gasteiger partial charge on any atom is 0.164 e. The zero-order valence-corrected chi connectivity index (χ0v) is 32.4. The molecule has 0 radical (unpaired) electrons. The Bertz CT molecular complexity index is 2910. The molecule has 58 heavy (non-hydrogen) atoms. The summed E-state index contributed by atoms with van der Waals surface area (Å²) in [6, 6.07) is 72.2. The summed E-state index contributed by atoms with van der Waals surface area (Å²) in [5.74, 6) is 1.92. The van der Waals surface area contributed by atoms with E-state index in [2.05, 4.69) is 178 Å². The second-order valence-electron chi connectivity index (χ2n) is 16.0. The molecule has 1 aromatic heterocycles. The van der Waals surface area contributed by atoms with E-state index in [0.29, 0.717) is 17.5 Å². The van der Waals surface area contributed by atoms with E-state index in [-0.39, 0.29) is 5.41 Å². The normalized spacial score (nSPS) is 14.0. The number of nitrogens with zero attached hydrogens (tertiary/aromatic N) is 3. The van der Waals surface area contributed by atoms with Gasteiger partial charge in [0.1, 0.15) is 0 Å². The molecule has 2 aliphatic rings. The first kappa shape index (κ1) is 34.1. The topological polar surface area (TPSA) is 38.7 Å². The summed E-state index contributed by atoms with van der Waals surface area (Å²) in [6.45, 7) is 4.75. The molecule has 0 saturated heterocycles. The monoisotopic (exact) mass is 741 g/mol. The highest BCUT2D eigenvalue weighted by Crippen LogP contribution is 2.62. The molecule has 0 fully saturated rings. The number of aromatic nitrogens is 3. The molecule has 0 N–H and O–H groups in total. The van der Waals surface area contributed by atoms with Crippen LogP contribution in [0.25, 0.3) is 67.5 Å². The third-order valence-electron chi connectivity index (χ3n) is 12.4. The maximum atomic E-state index is 5.16. The highest BCUT2D eigenvalue weighted by molar-refractivity contribution is 5.91. The van der Waals surface area contributed by atoms with Crippen molar-refractivity contribution in [2.75, 3.05) is 0 Å². The number of fused-ring (bicyclic) bond motifs is 9. The molecule has 11 rings (SSSR count). The number of benzene rings is 8. The SMILES string of the molecule is CC1(C)c2ccccc2C2(c3ccccc3-c3ccc(-c4cc(-c5ccccc5)cc(-c5nc(-c6ccccc6)nc(-c6ccccc6)n5)c4)cc32)c2ccccc21. The van der Waals surface area contributed by atoms with Crippen molar-refractivity contribution in [2.45, 2.75) is 24.7 Å². The third kappa shape index (κ3) is 5.17. The molecule has 274 valence electrons. The zero-order chi connectivity index (χ0) is 38.8. The summed E-state index contributed by atoms with van der Waals surface area (Å²) in [7, 11) is 0. The Hall–Kier alpha value is -7.23. The van der Waals surface area contributed by atoms with E-state index in [9.17, 15) is 0 Å². The van der Waals surface area contributed by atoms with E-state index in [0.717, 1.165) is 38.9 Å². The summed E-state index contributed by atoms with van der Waals surface area (Å²) in [5, 5.41) is 0. The Labute approximate surface area is 339 Å². The first-order valence-electron chi connectivity index (χ1n) is 20.0. The van der Waals surface area contributed by atoms with Crippen LogP contribution in [0.15, 0.2) is 200 Å². The van der Waals surface area contributed by atoms with Gasteiger partial charge in [-0.3, -0.25) is 0 Å². The summed E-state index contributed by atoms with van der Waals surface area (Å²) in [6.07, 6.45) is 0. The fraction of sp³-hybridized carbons (Fsp3) is 0.0727. The van der Waals surface area contributed by atoms with Gasteiger partial charge in [0.05, 0.1) is 5.41 Å². The van der Waals surface area contributed by atoms with Crippen LogP contribution in [-0.2, 0) is 10.8 Å². The lowest BCUT2D eigenvalue weighted by Crippen LogP contribution is -2.40. The zero-order valence-electron chi connectivity index (χ0n) is 32.4. The average Bonchev–Trinajstić information content (AvgIpc) is 3.59. The smallest absolute Gasteiger partial charge is 0.164 e. The van der Waals surface area contributed by atoms with Gasteiger partial charge in [-0.2, -0.15) is 0 Å². The molecule has 3 nitrogen and oxygen atoms in total. The van der Waals surface area contributed by atoms with Gasteiger partial charge in [-0.25, -0.2) is 15.0 Å². The average molecular weight is 742 g/mol. The first-order valence-corrected chi connectivity index (χ1v) is 20.0. The molecular formula is C55H39N3. The van der Waals surface area contributed by atoms with Gasteiger partial charge in [-0.05, 0) is 91.0 Å².